The van der Waals surface area contributed by atoms with Crippen LogP contribution in [0.1, 0.15) is 62.9 Å². The minimum atomic E-state index is -0.143. The molecule has 32 heavy (non-hydrogen) atoms. The van der Waals surface area contributed by atoms with Crippen molar-refractivity contribution in [3.05, 3.63) is 74.9 Å². The van der Waals surface area contributed by atoms with Crippen molar-refractivity contribution in [1.82, 2.24) is 9.97 Å². The Morgan fingerprint density at radius 2 is 2.22 bits per heavy atom. The van der Waals surface area contributed by atoms with Crippen LogP contribution in [0.3, 0.4) is 0 Å². The van der Waals surface area contributed by atoms with Crippen molar-refractivity contribution in [1.29, 1.82) is 0 Å². The highest BCUT2D eigenvalue weighted by atomic mass is 32.1. The zero-order valence-electron chi connectivity index (χ0n) is 18.1. The third-order valence-corrected chi connectivity index (χ3v) is 7.43. The average Bonchev–Trinajstić information content (AvgIpc) is 3.48. The third-order valence-electron chi connectivity index (χ3n) is 6.48. The van der Waals surface area contributed by atoms with Crippen LogP contribution in [0.25, 0.3) is 0 Å². The number of nitrogens with zero attached hydrogens (tertiary/aromatic N) is 2. The first-order chi connectivity index (χ1) is 15.6. The maximum atomic E-state index is 13.4. The van der Waals surface area contributed by atoms with Crippen molar-refractivity contribution >= 4 is 22.9 Å². The average molecular weight is 450 g/mol. The molecule has 3 aromatic rings. The molecule has 166 valence electrons. The molecule has 0 bridgehead atoms. The highest BCUT2D eigenvalue weighted by Crippen LogP contribution is 2.36. The molecule has 3 unspecified atom stereocenters. The van der Waals surface area contributed by atoms with Crippen molar-refractivity contribution in [2.75, 3.05) is 18.5 Å². The predicted octanol–water partition coefficient (Wildman–Crippen LogP) is 4.31. The van der Waals surface area contributed by atoms with Gasteiger partial charge in [0.15, 0.2) is 0 Å². The van der Waals surface area contributed by atoms with E-state index in [4.69, 9.17) is 4.74 Å². The molecule has 0 amide bonds. The first kappa shape index (κ1) is 21.2. The molecule has 1 saturated carbocycles. The number of aliphatic hydroxyl groups is 1. The van der Waals surface area contributed by atoms with Gasteiger partial charge in [-0.05, 0) is 66.7 Å². The van der Waals surface area contributed by atoms with E-state index in [1.807, 2.05) is 11.4 Å². The van der Waals surface area contributed by atoms with E-state index in [1.165, 1.54) is 34.4 Å². The van der Waals surface area contributed by atoms with E-state index >= 15 is 0 Å². The van der Waals surface area contributed by atoms with Crippen LogP contribution in [0.5, 0.6) is 0 Å². The Kier molecular flexibility index (Phi) is 6.04. The van der Waals surface area contributed by atoms with Gasteiger partial charge in [-0.25, -0.2) is 9.97 Å². The minimum absolute atomic E-state index is 0.0824. The summed E-state index contributed by atoms with van der Waals surface area (Å²) in [5.41, 5.74) is 5.25. The zero-order chi connectivity index (χ0) is 22.1. The largest absolute Gasteiger partial charge is 0.396 e. The number of ketones is 1. The summed E-state index contributed by atoms with van der Waals surface area (Å²) in [4.78, 5) is 22.5. The van der Waals surface area contributed by atoms with Gasteiger partial charge in [0.25, 0.3) is 0 Å². The second-order valence-electron chi connectivity index (χ2n) is 8.76. The van der Waals surface area contributed by atoms with Gasteiger partial charge in [0, 0.05) is 18.8 Å². The molecule has 2 N–H and O–H groups in total. The van der Waals surface area contributed by atoms with Crippen LogP contribution in [0, 0.1) is 12.8 Å². The topological polar surface area (TPSA) is 84.3 Å². The van der Waals surface area contributed by atoms with Gasteiger partial charge in [-0.2, -0.15) is 0 Å². The third kappa shape index (κ3) is 4.20. The van der Waals surface area contributed by atoms with Gasteiger partial charge >= 0.3 is 0 Å². The fourth-order valence-corrected chi connectivity index (χ4v) is 5.65. The molecule has 0 saturated heterocycles. The lowest BCUT2D eigenvalue weighted by Gasteiger charge is -2.26. The number of rotatable bonds is 6. The van der Waals surface area contributed by atoms with Crippen LogP contribution in [-0.2, 0) is 11.2 Å². The molecule has 1 aliphatic carbocycles. The van der Waals surface area contributed by atoms with Gasteiger partial charge in [-0.1, -0.05) is 23.8 Å². The molecule has 0 radical (unpaired) electrons. The van der Waals surface area contributed by atoms with Crippen LogP contribution >= 0.6 is 11.3 Å². The predicted molar refractivity (Wildman–Crippen MR) is 124 cm³/mol. The summed E-state index contributed by atoms with van der Waals surface area (Å²) >= 11 is 1.43. The Labute approximate surface area is 191 Å². The summed E-state index contributed by atoms with van der Waals surface area (Å²) in [6.45, 7) is 2.99. The van der Waals surface area contributed by atoms with Crippen LogP contribution in [0.15, 0.2) is 42.2 Å². The molecule has 0 spiro atoms. The number of carbonyl (C=O) groups is 1. The van der Waals surface area contributed by atoms with Crippen molar-refractivity contribution in [3.63, 3.8) is 0 Å². The molecule has 6 nitrogen and oxygen atoms in total. The van der Waals surface area contributed by atoms with Crippen LogP contribution in [-0.4, -0.2) is 40.1 Å². The lowest BCUT2D eigenvalue weighted by molar-refractivity contribution is 0.0701. The normalized spacial score (nSPS) is 22.5. The molecular formula is C25H27N3O3S. The number of fused-ring (bicyclic) bond motifs is 1. The fraction of sp³-hybridized carbons (Fsp3) is 0.400. The number of anilines is 1. The van der Waals surface area contributed by atoms with Gasteiger partial charge in [0.1, 0.15) is 18.2 Å². The summed E-state index contributed by atoms with van der Waals surface area (Å²) in [7, 11) is 0. The lowest BCUT2D eigenvalue weighted by atomic mass is 9.92. The first-order valence-corrected chi connectivity index (χ1v) is 12.0. The molecule has 1 aliphatic heterocycles. The van der Waals surface area contributed by atoms with E-state index in [0.717, 1.165) is 31.2 Å². The Morgan fingerprint density at radius 1 is 1.31 bits per heavy atom. The Bertz CT molecular complexity index is 1130. The number of aromatic nitrogens is 2. The SMILES string of the molecule is Cc1ccc2c(c1)CCOC2c1csc(C(=O)c2cncnc2NC2CCC(CO)C2)c1. The number of aliphatic hydroxyl groups excluding tert-OH is 1. The van der Waals surface area contributed by atoms with Crippen LogP contribution in [0.4, 0.5) is 5.82 Å². The van der Waals surface area contributed by atoms with E-state index in [0.29, 0.717) is 28.8 Å². The molecule has 7 heteroatoms. The number of hydrogen-bond donors (Lipinski definition) is 2. The lowest BCUT2D eigenvalue weighted by Crippen LogP contribution is -2.19. The van der Waals surface area contributed by atoms with Gasteiger partial charge in [-0.3, -0.25) is 4.79 Å². The molecule has 3 atom stereocenters. The molecule has 3 heterocycles. The highest BCUT2D eigenvalue weighted by molar-refractivity contribution is 7.12. The molecular weight excluding hydrogens is 422 g/mol. The molecule has 1 aromatic carbocycles. The van der Waals surface area contributed by atoms with Crippen molar-refractivity contribution in [2.45, 2.75) is 44.8 Å². The van der Waals surface area contributed by atoms with E-state index in [-0.39, 0.29) is 24.5 Å². The maximum absolute atomic E-state index is 13.4. The van der Waals surface area contributed by atoms with Gasteiger partial charge in [-0.15, -0.1) is 11.3 Å². The number of thiophene rings is 1. The Balaban J connectivity index is 1.38. The van der Waals surface area contributed by atoms with Crippen molar-refractivity contribution in [2.24, 2.45) is 5.92 Å². The second kappa shape index (κ2) is 9.10. The van der Waals surface area contributed by atoms with E-state index in [1.54, 1.807) is 6.20 Å². The standard InChI is InChI=1S/C25H27N3O3S/c1-15-2-5-20-17(8-15)6-7-31-24(20)18-10-22(32-13-18)23(30)21-11-26-14-27-25(21)28-19-4-3-16(9-19)12-29/h2,5,8,10-11,13-14,16,19,24,29H,3-4,6-7,9,12H2,1H3,(H,26,27,28). The Morgan fingerprint density at radius 3 is 3.06 bits per heavy atom. The van der Waals surface area contributed by atoms with Crippen molar-refractivity contribution in [3.8, 4) is 0 Å². The number of hydrogen-bond acceptors (Lipinski definition) is 7. The van der Waals surface area contributed by atoms with Gasteiger partial charge in [0.05, 0.1) is 17.0 Å². The molecule has 1 fully saturated rings. The van der Waals surface area contributed by atoms with Crippen molar-refractivity contribution < 1.29 is 14.6 Å². The van der Waals surface area contributed by atoms with Gasteiger partial charge in [0.2, 0.25) is 5.78 Å². The molecule has 2 aliphatic rings. The van der Waals surface area contributed by atoms with E-state index in [2.05, 4.69) is 40.4 Å². The van der Waals surface area contributed by atoms with Crippen LogP contribution in [0.2, 0.25) is 0 Å². The number of nitrogens with one attached hydrogen (secondary N) is 1. The Hall–Kier alpha value is -2.61. The number of carbonyl (C=O) groups excluding carboxylic acids is 1. The summed E-state index contributed by atoms with van der Waals surface area (Å²) < 4.78 is 6.10. The number of benzene rings is 1. The smallest absolute Gasteiger partial charge is 0.208 e. The number of ether oxygens (including phenoxy) is 1. The zero-order valence-corrected chi connectivity index (χ0v) is 18.9. The van der Waals surface area contributed by atoms with Crippen LogP contribution < -0.4 is 5.32 Å². The number of aryl methyl sites for hydroxylation is 1. The first-order valence-electron chi connectivity index (χ1n) is 11.1. The monoisotopic (exact) mass is 449 g/mol. The maximum Gasteiger partial charge on any atom is 0.208 e. The highest BCUT2D eigenvalue weighted by Gasteiger charge is 2.28. The van der Waals surface area contributed by atoms with E-state index in [9.17, 15) is 9.90 Å². The summed E-state index contributed by atoms with van der Waals surface area (Å²) in [6, 6.07) is 8.64. The van der Waals surface area contributed by atoms with Gasteiger partial charge < -0.3 is 15.2 Å². The minimum Gasteiger partial charge on any atom is -0.396 e. The molecule has 2 aromatic heterocycles. The summed E-state index contributed by atoms with van der Waals surface area (Å²) in [6.07, 6.45) is 6.66. The summed E-state index contributed by atoms with van der Waals surface area (Å²) in [5, 5.41) is 14.8. The summed E-state index contributed by atoms with van der Waals surface area (Å²) in [5.74, 6) is 0.801. The quantitative estimate of drug-likeness (QED) is 0.546. The fourth-order valence-electron chi connectivity index (χ4n) is 4.78. The van der Waals surface area contributed by atoms with E-state index < -0.39 is 0 Å². The second-order valence-corrected chi connectivity index (χ2v) is 9.68. The molecule has 5 rings (SSSR count).